The summed E-state index contributed by atoms with van der Waals surface area (Å²) in [6, 6.07) is 139. The predicted octanol–water partition coefficient (Wildman–Crippen LogP) is 31.2. The third kappa shape index (κ3) is 9.46. The maximum atomic E-state index is 6.61. The van der Waals surface area contributed by atoms with Gasteiger partial charge in [-0.15, -0.1) is 0 Å². The summed E-state index contributed by atoms with van der Waals surface area (Å²) in [5.41, 5.74) is 23.0. The van der Waals surface area contributed by atoms with Gasteiger partial charge in [0.05, 0.1) is 79.6 Å². The van der Waals surface area contributed by atoms with Gasteiger partial charge in [0.25, 0.3) is 0 Å². The summed E-state index contributed by atoms with van der Waals surface area (Å²) >= 11 is 0. The first-order valence-corrected chi connectivity index (χ1v) is 39.4. The highest BCUT2D eigenvalue weighted by Crippen LogP contribution is 2.61. The van der Waals surface area contributed by atoms with Crippen LogP contribution in [-0.2, 0) is 0 Å². The fraction of sp³-hybridized carbons (Fsp3) is 0. The molecule has 10 nitrogen and oxygen atoms in total. The Balaban J connectivity index is 0.000000132. The molecule has 0 N–H and O–H groups in total. The molecule has 0 unspecified atom stereocenters. The van der Waals surface area contributed by atoms with E-state index in [2.05, 4.69) is 357 Å². The van der Waals surface area contributed by atoms with Crippen molar-refractivity contribution in [2.45, 2.75) is 0 Å². The molecule has 0 fully saturated rings. The highest BCUT2D eigenvalue weighted by molar-refractivity contribution is 6.30. The van der Waals surface area contributed by atoms with Crippen LogP contribution in [0.15, 0.2) is 397 Å². The lowest BCUT2D eigenvalue weighted by atomic mass is 9.91. The van der Waals surface area contributed by atoms with Gasteiger partial charge in [0.2, 0.25) is 0 Å². The molecule has 0 amide bonds. The Kier molecular flexibility index (Phi) is 13.7. The van der Waals surface area contributed by atoms with Gasteiger partial charge in [0, 0.05) is 67.2 Å². The fourth-order valence-electron chi connectivity index (χ4n) is 19.0. The zero-order valence-electron chi connectivity index (χ0n) is 62.3. The lowest BCUT2D eigenvalue weighted by Crippen LogP contribution is -2.24. The third-order valence-corrected chi connectivity index (χ3v) is 24.0. The molecular weight excluding hydrogens is 1420 g/mol. The van der Waals surface area contributed by atoms with Crippen molar-refractivity contribution in [2.75, 3.05) is 29.4 Å². The minimum atomic E-state index is 0.796. The molecule has 4 aliphatic heterocycles. The van der Waals surface area contributed by atoms with Crippen molar-refractivity contribution >= 4 is 211 Å². The van der Waals surface area contributed by atoms with Crippen molar-refractivity contribution in [2.24, 2.45) is 0 Å². The lowest BCUT2D eigenvalue weighted by Gasteiger charge is -2.41. The van der Waals surface area contributed by atoms with E-state index < -0.39 is 0 Å². The molecular formula is C106H64N6O4. The SMILES string of the molecule is c1ccc(N2c3ccccc3N(c3ccc4ccc5c(N6c7ccccc7N(c7ccccc7)c7cc8c(cc76)oc6ccccc68)ccc6ccc3c4c65)c3ccccc32)cc1.c1ccc2c(c1)Oc1ccccc1N2c1ccc2c3ccc(N4c5ccccc5Oc5cc6c(cc54)oc4ccccc46)cc3c3ccccc3c2c1. The number of para-hydroxylation sites is 16. The average Bonchev–Trinajstić information content (AvgIpc) is 1.42. The molecule has 542 valence electrons. The van der Waals surface area contributed by atoms with E-state index in [1.54, 1.807) is 0 Å². The van der Waals surface area contributed by atoms with Crippen LogP contribution in [0.4, 0.5) is 102 Å². The topological polar surface area (TPSA) is 64.2 Å². The van der Waals surface area contributed by atoms with Crippen LogP contribution in [0.25, 0.3) is 109 Å². The molecule has 0 spiro atoms. The van der Waals surface area contributed by atoms with E-state index >= 15 is 0 Å². The van der Waals surface area contributed by atoms with E-state index in [0.29, 0.717) is 0 Å². The molecule has 2 aromatic heterocycles. The van der Waals surface area contributed by atoms with Crippen molar-refractivity contribution in [1.82, 2.24) is 0 Å². The van der Waals surface area contributed by atoms with E-state index in [0.717, 1.165) is 169 Å². The number of nitrogens with zero attached hydrogens (tertiary/aromatic N) is 6. The number of fused-ring (bicyclic) bond motifs is 20. The van der Waals surface area contributed by atoms with E-state index in [-0.39, 0.29) is 0 Å². The average molecular weight is 1490 g/mol. The zero-order valence-corrected chi connectivity index (χ0v) is 62.3. The molecule has 0 radical (unpaired) electrons. The Morgan fingerprint density at radius 1 is 0.147 bits per heavy atom. The fourth-order valence-corrected chi connectivity index (χ4v) is 19.0. The highest BCUT2D eigenvalue weighted by Gasteiger charge is 2.37. The summed E-state index contributed by atoms with van der Waals surface area (Å²) in [5, 5.41) is 18.9. The third-order valence-electron chi connectivity index (χ3n) is 24.0. The van der Waals surface area contributed by atoms with Crippen LogP contribution in [0.1, 0.15) is 0 Å². The Labute approximate surface area is 665 Å². The molecule has 20 aromatic carbocycles. The molecule has 10 heteroatoms. The molecule has 6 heterocycles. The Bertz CT molecular complexity index is 7760. The minimum absolute atomic E-state index is 0.796. The number of furan rings is 2. The largest absolute Gasteiger partial charge is 0.456 e. The number of anilines is 18. The Hall–Kier alpha value is -15.8. The Morgan fingerprint density at radius 2 is 0.466 bits per heavy atom. The second-order valence-electron chi connectivity index (χ2n) is 30.2. The minimum Gasteiger partial charge on any atom is -0.456 e. The van der Waals surface area contributed by atoms with Crippen LogP contribution in [0.3, 0.4) is 0 Å². The number of ether oxygens (including phenoxy) is 2. The summed E-state index contributed by atoms with van der Waals surface area (Å²) in [4.78, 5) is 14.3. The van der Waals surface area contributed by atoms with Crippen LogP contribution >= 0.6 is 0 Å². The van der Waals surface area contributed by atoms with Crippen LogP contribution in [-0.4, -0.2) is 0 Å². The first-order chi connectivity index (χ1) is 57.5. The van der Waals surface area contributed by atoms with Gasteiger partial charge in [-0.1, -0.05) is 218 Å². The molecule has 116 heavy (non-hydrogen) atoms. The van der Waals surface area contributed by atoms with Crippen molar-refractivity contribution < 1.29 is 18.3 Å². The van der Waals surface area contributed by atoms with Crippen molar-refractivity contribution in [3.63, 3.8) is 0 Å². The van der Waals surface area contributed by atoms with Gasteiger partial charge in [0.1, 0.15) is 22.3 Å². The van der Waals surface area contributed by atoms with Crippen molar-refractivity contribution in [3.8, 4) is 23.0 Å². The number of hydrogen-bond donors (Lipinski definition) is 0. The van der Waals surface area contributed by atoms with Gasteiger partial charge >= 0.3 is 0 Å². The number of hydrogen-bond acceptors (Lipinski definition) is 10. The van der Waals surface area contributed by atoms with E-state index in [1.165, 1.54) is 64.6 Å². The number of rotatable bonds is 6. The summed E-state index contributed by atoms with van der Waals surface area (Å²) in [5.74, 6) is 3.29. The van der Waals surface area contributed by atoms with Gasteiger partial charge in [-0.05, 0) is 212 Å². The van der Waals surface area contributed by atoms with Crippen LogP contribution in [0, 0.1) is 0 Å². The van der Waals surface area contributed by atoms with Crippen molar-refractivity contribution in [1.29, 1.82) is 0 Å². The summed E-state index contributed by atoms with van der Waals surface area (Å²) in [6.45, 7) is 0. The second kappa shape index (κ2) is 24.9. The maximum Gasteiger partial charge on any atom is 0.152 e. The van der Waals surface area contributed by atoms with Gasteiger partial charge in [-0.3, -0.25) is 0 Å². The van der Waals surface area contributed by atoms with Gasteiger partial charge < -0.3 is 47.7 Å². The number of benzene rings is 20. The van der Waals surface area contributed by atoms with E-state index in [1.807, 2.05) is 60.7 Å². The van der Waals surface area contributed by atoms with E-state index in [4.69, 9.17) is 18.3 Å². The normalized spacial score (nSPS) is 13.2. The van der Waals surface area contributed by atoms with Crippen LogP contribution in [0.5, 0.6) is 23.0 Å². The smallest absolute Gasteiger partial charge is 0.152 e. The monoisotopic (exact) mass is 1480 g/mol. The maximum absolute atomic E-state index is 6.61. The first-order valence-electron chi connectivity index (χ1n) is 39.4. The van der Waals surface area contributed by atoms with Crippen molar-refractivity contribution in [3.05, 3.63) is 388 Å². The quantitative estimate of drug-likeness (QED) is 0.150. The molecule has 0 bridgehead atoms. The van der Waals surface area contributed by atoms with Crippen LogP contribution in [0.2, 0.25) is 0 Å². The van der Waals surface area contributed by atoms with Crippen LogP contribution < -0.4 is 38.9 Å². The zero-order chi connectivity index (χ0) is 75.8. The van der Waals surface area contributed by atoms with Gasteiger partial charge in [0.15, 0.2) is 23.0 Å². The Morgan fingerprint density at radius 3 is 0.940 bits per heavy atom. The van der Waals surface area contributed by atoms with Gasteiger partial charge in [-0.25, -0.2) is 0 Å². The van der Waals surface area contributed by atoms with Gasteiger partial charge in [-0.2, -0.15) is 0 Å². The molecule has 0 atom stereocenters. The molecule has 0 aliphatic carbocycles. The highest BCUT2D eigenvalue weighted by atomic mass is 16.5. The molecule has 26 rings (SSSR count). The molecule has 4 aliphatic rings. The summed E-state index contributed by atoms with van der Waals surface area (Å²) in [6.07, 6.45) is 0. The molecule has 0 saturated heterocycles. The summed E-state index contributed by atoms with van der Waals surface area (Å²) in [7, 11) is 0. The van der Waals surface area contributed by atoms with E-state index in [9.17, 15) is 0 Å². The molecule has 0 saturated carbocycles. The second-order valence-corrected chi connectivity index (χ2v) is 30.2. The first kappa shape index (κ1) is 63.9. The molecule has 22 aromatic rings. The standard InChI is InChI=1S/C58H36N4O.C48H28N2O3/c1-3-15-39(16-4-1)59-47-20-8-11-23-50(47)61(51-24-12-9-21-48(51)59)45-33-29-37-28-32-43-46(34-30-38-27-31-42(45)57(37)58(38)43)62-52-25-13-10-22-49(52)60(40-17-5-2-6-18-40)53-35-44-41-19-7-14-26-55(41)63-56(44)36-54(53)62;1-2-12-32-31(11-1)36-25-29(49-39-14-4-8-18-44(39)52-45-19-9-5-15-40(45)49)21-23-33(36)34-24-22-30(26-37(32)34)50-41-16-6-10-20-46(41)53-48-27-38-35-13-3-7-17-43(35)51-47(38)28-42(48)50/h1-36H;1-28H. The summed E-state index contributed by atoms with van der Waals surface area (Å²) < 4.78 is 25.9. The lowest BCUT2D eigenvalue weighted by molar-refractivity contribution is 0.477. The predicted molar refractivity (Wildman–Crippen MR) is 479 cm³/mol.